The van der Waals surface area contributed by atoms with Crippen LogP contribution in [0.1, 0.15) is 107 Å². The standard InChI is InChI=1S/C59H90O27/c1-10-24(2)49(76)86-47-46(73)59(23-62)27(17-54(47,4)5)26-11-12-32-55(6)15-14-33(56(7,22-61)31(55)13-16-57(32,8)58(26,9)18-34(59)79-25(3)63)81-53-45(85-51-40(71)38(69)37(68)30(19-60)80-51)42(41(72)43(83-53)48(74)75)82-52-44(36(67)29(65)21-78-52)84-50-39(70)35(66)28(64)20-77-50/h10-11,22,27-47,50-53,60,62,64-73H,12-21,23H2,1-9H3,(H,74,75)/b24-10+. The van der Waals surface area contributed by atoms with E-state index in [9.17, 15) is 85.6 Å². The molecule has 0 aromatic carbocycles. The SMILES string of the molecule is C/C=C(\C)C(=O)OC1C(O)C2(CO)C(OC(C)=O)CC3(C)C(=CCC4C5(C)CCC(OC6OC(C(=O)O)C(O)C(OC7OCC(O)C(O)C7OC7OCC(O)C(O)C7O)C6OC6OC(CO)C(O)C(O)C6O)C(C)(C=O)C5CCC43C)C2CC1(C)C. The molecule has 0 amide bonds. The third-order valence-electron chi connectivity index (χ3n) is 22.2. The third-order valence-corrected chi connectivity index (χ3v) is 22.2. The summed E-state index contributed by atoms with van der Waals surface area (Å²) in [6.45, 7) is 13.9. The maximum atomic E-state index is 14.2. The fourth-order valence-corrected chi connectivity index (χ4v) is 17.0. The van der Waals surface area contributed by atoms with Crippen molar-refractivity contribution >= 4 is 24.2 Å². The Morgan fingerprint density at radius 2 is 1.29 bits per heavy atom. The zero-order valence-corrected chi connectivity index (χ0v) is 50.0. The zero-order valence-electron chi connectivity index (χ0n) is 50.0. The Labute approximate surface area is 498 Å². The van der Waals surface area contributed by atoms with Crippen molar-refractivity contribution in [3.8, 4) is 0 Å². The molecule has 0 radical (unpaired) electrons. The molecule has 27 heteroatoms. The lowest BCUT2D eigenvalue weighted by atomic mass is 9.33. The number of carbonyl (C=O) groups excluding carboxylic acids is 3. The molecule has 30 unspecified atom stereocenters. The highest BCUT2D eigenvalue weighted by molar-refractivity contribution is 5.87. The second kappa shape index (κ2) is 24.8. The minimum atomic E-state index is -2.28. The highest BCUT2D eigenvalue weighted by atomic mass is 16.8. The van der Waals surface area contributed by atoms with Crippen LogP contribution in [0.4, 0.5) is 0 Å². The van der Waals surface area contributed by atoms with E-state index in [-0.39, 0.29) is 18.8 Å². The highest BCUT2D eigenvalue weighted by Crippen LogP contribution is 2.76. The second-order valence-corrected chi connectivity index (χ2v) is 27.3. The van der Waals surface area contributed by atoms with Crippen LogP contribution in [-0.4, -0.2) is 252 Å². The molecule has 30 atom stereocenters. The lowest BCUT2D eigenvalue weighted by Crippen LogP contribution is -2.72. The van der Waals surface area contributed by atoms with E-state index in [0.717, 1.165) is 11.9 Å². The molecule has 9 aliphatic rings. The normalized spacial score (nSPS) is 51.1. The van der Waals surface area contributed by atoms with Gasteiger partial charge < -0.3 is 119 Å². The number of aliphatic hydroxyl groups excluding tert-OH is 12. The van der Waals surface area contributed by atoms with E-state index in [2.05, 4.69) is 26.8 Å². The van der Waals surface area contributed by atoms with Crippen LogP contribution in [0.3, 0.4) is 0 Å². The van der Waals surface area contributed by atoms with Gasteiger partial charge in [0, 0.05) is 17.9 Å². The van der Waals surface area contributed by atoms with Gasteiger partial charge in [0.25, 0.3) is 0 Å². The maximum absolute atomic E-state index is 14.2. The van der Waals surface area contributed by atoms with Crippen LogP contribution in [0, 0.1) is 50.2 Å². The second-order valence-electron chi connectivity index (χ2n) is 27.3. The van der Waals surface area contributed by atoms with E-state index in [1.165, 1.54) is 6.92 Å². The number of aliphatic hydroxyl groups is 12. The fourth-order valence-electron chi connectivity index (χ4n) is 17.0. The first kappa shape index (κ1) is 67.2. The highest BCUT2D eigenvalue weighted by Gasteiger charge is 2.74. The number of ether oxygens (including phenoxy) is 10. The molecule has 5 aliphatic carbocycles. The van der Waals surface area contributed by atoms with E-state index in [4.69, 9.17) is 47.4 Å². The van der Waals surface area contributed by atoms with E-state index in [1.54, 1.807) is 26.8 Å². The molecule has 4 aliphatic heterocycles. The molecule has 13 N–H and O–H groups in total. The minimum absolute atomic E-state index is 0.107. The van der Waals surface area contributed by atoms with Crippen molar-refractivity contribution in [2.24, 2.45) is 50.2 Å². The van der Waals surface area contributed by atoms with Gasteiger partial charge >= 0.3 is 17.9 Å². The summed E-state index contributed by atoms with van der Waals surface area (Å²) in [7, 11) is 0. The van der Waals surface area contributed by atoms with Gasteiger partial charge in [-0.2, -0.15) is 0 Å². The molecule has 27 nitrogen and oxygen atoms in total. The quantitative estimate of drug-likeness (QED) is 0.0277. The number of esters is 2. The number of carboxylic acids is 1. The summed E-state index contributed by atoms with van der Waals surface area (Å²) in [4.78, 5) is 53.9. The van der Waals surface area contributed by atoms with Gasteiger partial charge in [-0.05, 0) is 92.8 Å². The predicted molar refractivity (Wildman–Crippen MR) is 289 cm³/mol. The Hall–Kier alpha value is -3.24. The van der Waals surface area contributed by atoms with Crippen molar-refractivity contribution < 1.29 is 133 Å². The van der Waals surface area contributed by atoms with Crippen molar-refractivity contribution in [2.45, 2.75) is 242 Å². The molecule has 0 spiro atoms. The van der Waals surface area contributed by atoms with Crippen LogP contribution >= 0.6 is 0 Å². The lowest BCUT2D eigenvalue weighted by Gasteiger charge is -2.72. The summed E-state index contributed by atoms with van der Waals surface area (Å²) in [6.07, 6.45) is -32.4. The van der Waals surface area contributed by atoms with E-state index >= 15 is 0 Å². The summed E-state index contributed by atoms with van der Waals surface area (Å²) in [6, 6.07) is 0. The first-order valence-corrected chi connectivity index (χ1v) is 29.9. The smallest absolute Gasteiger partial charge is 0.335 e. The molecular formula is C59H90O27. The van der Waals surface area contributed by atoms with Crippen LogP contribution in [0.25, 0.3) is 0 Å². The van der Waals surface area contributed by atoms with Gasteiger partial charge in [-0.1, -0.05) is 59.3 Å². The Morgan fingerprint density at radius 3 is 1.91 bits per heavy atom. The van der Waals surface area contributed by atoms with Crippen molar-refractivity contribution in [3.63, 3.8) is 0 Å². The zero-order chi connectivity index (χ0) is 63.3. The van der Waals surface area contributed by atoms with Gasteiger partial charge in [0.2, 0.25) is 0 Å². The molecule has 0 aromatic rings. The van der Waals surface area contributed by atoms with Crippen LogP contribution < -0.4 is 0 Å². The fraction of sp³-hybridized carbons (Fsp3) is 0.864. The number of rotatable bonds is 15. The molecule has 0 aromatic heterocycles. The van der Waals surface area contributed by atoms with Crippen molar-refractivity contribution in [3.05, 3.63) is 23.3 Å². The Balaban J connectivity index is 1.06. The van der Waals surface area contributed by atoms with Gasteiger partial charge in [0.05, 0.1) is 43.4 Å². The summed E-state index contributed by atoms with van der Waals surface area (Å²) in [5.41, 5.74) is -4.44. The Bertz CT molecular complexity index is 2550. The Morgan fingerprint density at radius 1 is 0.663 bits per heavy atom. The molecule has 86 heavy (non-hydrogen) atoms. The first-order valence-electron chi connectivity index (χ1n) is 29.9. The number of carbonyl (C=O) groups is 4. The number of allylic oxidation sites excluding steroid dienone is 3. The maximum Gasteiger partial charge on any atom is 0.335 e. The van der Waals surface area contributed by atoms with E-state index in [0.29, 0.717) is 37.7 Å². The molecule has 0 bridgehead atoms. The number of aliphatic carboxylic acids is 1. The average molecular weight is 1230 g/mol. The van der Waals surface area contributed by atoms with Crippen LogP contribution in [0.2, 0.25) is 0 Å². The van der Waals surface area contributed by atoms with Crippen molar-refractivity contribution in [1.82, 2.24) is 0 Å². The first-order chi connectivity index (χ1) is 40.3. The van der Waals surface area contributed by atoms with Crippen LogP contribution in [0.15, 0.2) is 23.3 Å². The number of hydrogen-bond acceptors (Lipinski definition) is 26. The predicted octanol–water partition coefficient (Wildman–Crippen LogP) is -2.01. The van der Waals surface area contributed by atoms with Gasteiger partial charge in [-0.3, -0.25) is 4.79 Å². The lowest BCUT2D eigenvalue weighted by molar-refractivity contribution is -0.398. The number of hydrogen-bond donors (Lipinski definition) is 13. The molecule has 4 saturated heterocycles. The topological polar surface area (TPSA) is 424 Å². The number of carboxylic acid groups (broad SMARTS) is 1. The molecule has 4 heterocycles. The summed E-state index contributed by atoms with van der Waals surface area (Å²) in [5.74, 6) is -4.20. The summed E-state index contributed by atoms with van der Waals surface area (Å²) < 4.78 is 60.5. The third kappa shape index (κ3) is 10.9. The minimum Gasteiger partial charge on any atom is -0.479 e. The van der Waals surface area contributed by atoms with Gasteiger partial charge in [-0.25, -0.2) is 9.59 Å². The van der Waals surface area contributed by atoms with Gasteiger partial charge in [0.15, 0.2) is 31.3 Å². The largest absolute Gasteiger partial charge is 0.479 e. The van der Waals surface area contributed by atoms with Gasteiger partial charge in [0.1, 0.15) is 104 Å². The van der Waals surface area contributed by atoms with Crippen molar-refractivity contribution in [1.29, 1.82) is 0 Å². The molecule has 488 valence electrons. The van der Waals surface area contributed by atoms with E-state index in [1.807, 2.05) is 13.8 Å². The Kier molecular flexibility index (Phi) is 19.3. The average Bonchev–Trinajstić information content (AvgIpc) is 0.671. The molecular weight excluding hydrogens is 1140 g/mol. The molecule has 4 saturated carbocycles. The van der Waals surface area contributed by atoms with Crippen molar-refractivity contribution in [2.75, 3.05) is 26.4 Å². The van der Waals surface area contributed by atoms with Gasteiger partial charge in [-0.15, -0.1) is 0 Å². The summed E-state index contributed by atoms with van der Waals surface area (Å²) in [5, 5.41) is 143. The monoisotopic (exact) mass is 1230 g/mol. The molecule has 9 rings (SSSR count). The van der Waals surface area contributed by atoms with E-state index < -0.39 is 224 Å². The number of aldehydes is 1. The van der Waals surface area contributed by atoms with Crippen LogP contribution in [-0.2, 0) is 66.5 Å². The molecule has 8 fully saturated rings. The summed E-state index contributed by atoms with van der Waals surface area (Å²) >= 11 is 0. The van der Waals surface area contributed by atoms with Crippen LogP contribution in [0.5, 0.6) is 0 Å². The number of fused-ring (bicyclic) bond motifs is 7.